The highest BCUT2D eigenvalue weighted by atomic mass is 16.3. The van der Waals surface area contributed by atoms with Crippen molar-refractivity contribution in [2.24, 2.45) is 0 Å². The predicted octanol–water partition coefficient (Wildman–Crippen LogP) is 0.886. The molecule has 1 aromatic carbocycles. The zero-order valence-corrected chi connectivity index (χ0v) is 8.06. The summed E-state index contributed by atoms with van der Waals surface area (Å²) in [6.07, 6.45) is 2.43. The molecule has 0 atom stereocenters. The highest BCUT2D eigenvalue weighted by Crippen LogP contribution is 2.22. The van der Waals surface area contributed by atoms with Gasteiger partial charge in [0.2, 0.25) is 0 Å². The van der Waals surface area contributed by atoms with Crippen molar-refractivity contribution < 1.29 is 14.7 Å². The van der Waals surface area contributed by atoms with Crippen LogP contribution in [-0.4, -0.2) is 17.2 Å². The van der Waals surface area contributed by atoms with Gasteiger partial charge in [-0.3, -0.25) is 9.59 Å². The van der Waals surface area contributed by atoms with Gasteiger partial charge in [0.25, 0.3) is 0 Å². The van der Waals surface area contributed by atoms with Gasteiger partial charge in [0, 0.05) is 6.42 Å². The van der Waals surface area contributed by atoms with Crippen LogP contribution in [0.3, 0.4) is 0 Å². The number of carbonyl (C=O) groups excluding carboxylic acids is 2. The highest BCUT2D eigenvalue weighted by molar-refractivity contribution is 6.17. The van der Waals surface area contributed by atoms with E-state index in [0.717, 1.165) is 16.7 Å². The van der Waals surface area contributed by atoms with E-state index in [1.165, 1.54) is 0 Å². The van der Waals surface area contributed by atoms with Gasteiger partial charge in [0.05, 0.1) is 12.2 Å². The molecule has 0 spiro atoms. The van der Waals surface area contributed by atoms with E-state index in [1.807, 2.05) is 6.07 Å². The minimum atomic E-state index is -0.144. The average Bonchev–Trinajstić information content (AvgIpc) is 2.27. The minimum Gasteiger partial charge on any atom is -0.392 e. The number of rotatable bonds is 2. The fraction of sp³-hybridized carbons (Fsp3) is 0.167. The minimum absolute atomic E-state index is 0.0362. The molecule has 0 aliphatic heterocycles. The summed E-state index contributed by atoms with van der Waals surface area (Å²) in [5, 5.41) is 8.96. The van der Waals surface area contributed by atoms with Crippen LogP contribution in [0, 0.1) is 0 Å². The van der Waals surface area contributed by atoms with Gasteiger partial charge in [0.1, 0.15) is 0 Å². The zero-order valence-electron chi connectivity index (χ0n) is 8.06. The van der Waals surface area contributed by atoms with Crippen molar-refractivity contribution in [3.8, 4) is 0 Å². The molecule has 2 rings (SSSR count). The molecular formula is C12H10O3. The number of allylic oxidation sites excluding steroid dienone is 1. The van der Waals surface area contributed by atoms with Gasteiger partial charge in [-0.15, -0.1) is 0 Å². The van der Waals surface area contributed by atoms with E-state index < -0.39 is 0 Å². The molecule has 3 heteroatoms. The Morgan fingerprint density at radius 2 is 2.20 bits per heavy atom. The number of carbonyl (C=O) groups is 2. The Kier molecular flexibility index (Phi) is 2.47. The maximum absolute atomic E-state index is 11.4. The molecule has 1 aliphatic rings. The molecule has 3 nitrogen and oxygen atoms in total. The third-order valence-electron chi connectivity index (χ3n) is 2.50. The lowest BCUT2D eigenvalue weighted by Crippen LogP contribution is -2.13. The molecular weight excluding hydrogens is 192 g/mol. The molecule has 0 bridgehead atoms. The largest absolute Gasteiger partial charge is 0.392 e. The Hall–Kier alpha value is -1.74. The molecule has 1 aliphatic carbocycles. The van der Waals surface area contributed by atoms with Gasteiger partial charge >= 0.3 is 0 Å². The standard InChI is InChI=1S/C12H10O3/c13-6-8-1-2-9-5-12(15)11(7-14)4-10(9)3-8/h1-4,7,13H,5-6H2. The van der Waals surface area contributed by atoms with E-state index in [9.17, 15) is 9.59 Å². The number of ketones is 1. The summed E-state index contributed by atoms with van der Waals surface area (Å²) in [4.78, 5) is 22.0. The van der Waals surface area contributed by atoms with Crippen molar-refractivity contribution in [2.75, 3.05) is 0 Å². The molecule has 0 saturated carbocycles. The first-order valence-electron chi connectivity index (χ1n) is 4.67. The molecule has 0 aromatic heterocycles. The van der Waals surface area contributed by atoms with Crippen molar-refractivity contribution in [3.63, 3.8) is 0 Å². The van der Waals surface area contributed by atoms with Gasteiger partial charge in [-0.25, -0.2) is 0 Å². The number of Topliss-reactive ketones (excluding diaryl/α,β-unsaturated/α-hetero) is 1. The first-order chi connectivity index (χ1) is 7.24. The van der Waals surface area contributed by atoms with Crippen LogP contribution in [0.15, 0.2) is 23.8 Å². The van der Waals surface area contributed by atoms with Crippen LogP contribution in [0.4, 0.5) is 0 Å². The lowest BCUT2D eigenvalue weighted by molar-refractivity contribution is -0.117. The van der Waals surface area contributed by atoms with Crippen LogP contribution in [0.2, 0.25) is 0 Å². The maximum Gasteiger partial charge on any atom is 0.170 e. The topological polar surface area (TPSA) is 54.4 Å². The maximum atomic E-state index is 11.4. The molecule has 0 fully saturated rings. The number of aldehydes is 1. The summed E-state index contributed by atoms with van der Waals surface area (Å²) in [6.45, 7) is -0.0362. The first-order valence-corrected chi connectivity index (χ1v) is 4.67. The molecule has 1 N–H and O–H groups in total. The molecule has 76 valence electrons. The second kappa shape index (κ2) is 3.79. The monoisotopic (exact) mass is 202 g/mol. The van der Waals surface area contributed by atoms with Crippen LogP contribution < -0.4 is 0 Å². The van der Waals surface area contributed by atoms with Crippen LogP contribution in [0.25, 0.3) is 6.08 Å². The second-order valence-electron chi connectivity index (χ2n) is 3.51. The van der Waals surface area contributed by atoms with Crippen LogP contribution >= 0.6 is 0 Å². The van der Waals surface area contributed by atoms with E-state index in [0.29, 0.717) is 6.29 Å². The Morgan fingerprint density at radius 3 is 2.87 bits per heavy atom. The summed E-state index contributed by atoms with van der Waals surface area (Å²) in [5.74, 6) is -0.144. The summed E-state index contributed by atoms with van der Waals surface area (Å²) in [5.41, 5.74) is 2.74. The molecule has 15 heavy (non-hydrogen) atoms. The number of benzene rings is 1. The summed E-state index contributed by atoms with van der Waals surface area (Å²) >= 11 is 0. The molecule has 1 aromatic rings. The smallest absolute Gasteiger partial charge is 0.170 e. The average molecular weight is 202 g/mol. The van der Waals surface area contributed by atoms with Crippen LogP contribution in [0.5, 0.6) is 0 Å². The van der Waals surface area contributed by atoms with Gasteiger partial charge in [-0.2, -0.15) is 0 Å². The number of aliphatic hydroxyl groups excluding tert-OH is 1. The van der Waals surface area contributed by atoms with Crippen molar-refractivity contribution >= 4 is 18.1 Å². The fourth-order valence-corrected chi connectivity index (χ4v) is 1.66. The van der Waals surface area contributed by atoms with E-state index in [-0.39, 0.29) is 24.4 Å². The lowest BCUT2D eigenvalue weighted by atomic mass is 9.90. The van der Waals surface area contributed by atoms with Crippen molar-refractivity contribution in [1.82, 2.24) is 0 Å². The Morgan fingerprint density at radius 1 is 1.40 bits per heavy atom. The number of aliphatic hydroxyl groups is 1. The van der Waals surface area contributed by atoms with Crippen molar-refractivity contribution in [2.45, 2.75) is 13.0 Å². The molecule has 0 saturated heterocycles. The molecule has 0 amide bonds. The van der Waals surface area contributed by atoms with Crippen molar-refractivity contribution in [3.05, 3.63) is 40.5 Å². The SMILES string of the molecule is O=CC1=Cc2cc(CO)ccc2CC1=O. The van der Waals surface area contributed by atoms with Crippen molar-refractivity contribution in [1.29, 1.82) is 0 Å². The summed E-state index contributed by atoms with van der Waals surface area (Å²) in [7, 11) is 0. The lowest BCUT2D eigenvalue weighted by Gasteiger charge is -2.12. The Bertz CT molecular complexity index is 458. The summed E-state index contributed by atoms with van der Waals surface area (Å²) in [6, 6.07) is 5.40. The van der Waals surface area contributed by atoms with Gasteiger partial charge in [-0.05, 0) is 28.8 Å². The van der Waals surface area contributed by atoms with E-state index in [1.54, 1.807) is 18.2 Å². The number of hydrogen-bond donors (Lipinski definition) is 1. The highest BCUT2D eigenvalue weighted by Gasteiger charge is 2.17. The van der Waals surface area contributed by atoms with E-state index >= 15 is 0 Å². The quantitative estimate of drug-likeness (QED) is 0.572. The number of fused-ring (bicyclic) bond motifs is 1. The van der Waals surface area contributed by atoms with E-state index in [4.69, 9.17) is 5.11 Å². The molecule has 0 radical (unpaired) electrons. The summed E-state index contributed by atoms with van der Waals surface area (Å²) < 4.78 is 0. The van der Waals surface area contributed by atoms with E-state index in [2.05, 4.69) is 0 Å². The van der Waals surface area contributed by atoms with Crippen LogP contribution in [-0.2, 0) is 22.6 Å². The third kappa shape index (κ3) is 1.74. The van der Waals surface area contributed by atoms with Crippen LogP contribution in [0.1, 0.15) is 16.7 Å². The zero-order chi connectivity index (χ0) is 10.8. The first kappa shape index (κ1) is 9.80. The molecule has 0 heterocycles. The normalized spacial score (nSPS) is 14.5. The fourth-order valence-electron chi connectivity index (χ4n) is 1.66. The Balaban J connectivity index is 2.51. The van der Waals surface area contributed by atoms with Gasteiger partial charge in [-0.1, -0.05) is 12.1 Å². The number of hydrogen-bond acceptors (Lipinski definition) is 3. The Labute approximate surface area is 87.0 Å². The second-order valence-corrected chi connectivity index (χ2v) is 3.51. The molecule has 0 unspecified atom stereocenters. The van der Waals surface area contributed by atoms with Gasteiger partial charge in [0.15, 0.2) is 12.1 Å². The predicted molar refractivity (Wildman–Crippen MR) is 55.1 cm³/mol. The third-order valence-corrected chi connectivity index (χ3v) is 2.50. The van der Waals surface area contributed by atoms with Gasteiger partial charge < -0.3 is 5.11 Å².